The van der Waals surface area contributed by atoms with Crippen LogP contribution in [0.15, 0.2) is 6.07 Å². The number of amides is 1. The Labute approximate surface area is 137 Å². The third kappa shape index (κ3) is 3.72. The standard InChI is InChI=1S/C16H25N5O2/c1-13-11-14(19-5-3-4-6-19)18-16(17-13)21-9-7-20(8-10-21)15(22)12-23-2/h11H,3-10,12H2,1-2H3. The molecule has 3 heterocycles. The first-order chi connectivity index (χ1) is 11.2. The molecule has 0 saturated carbocycles. The summed E-state index contributed by atoms with van der Waals surface area (Å²) in [6, 6.07) is 2.06. The number of hydrogen-bond acceptors (Lipinski definition) is 6. The van der Waals surface area contributed by atoms with Crippen LogP contribution in [0.5, 0.6) is 0 Å². The maximum absolute atomic E-state index is 11.9. The Kier molecular flexibility index (Phi) is 4.95. The first kappa shape index (κ1) is 16.0. The van der Waals surface area contributed by atoms with E-state index in [1.54, 1.807) is 7.11 Å². The lowest BCUT2D eigenvalue weighted by atomic mass is 10.3. The van der Waals surface area contributed by atoms with Gasteiger partial charge in [-0.15, -0.1) is 0 Å². The summed E-state index contributed by atoms with van der Waals surface area (Å²) in [5, 5.41) is 0. The minimum Gasteiger partial charge on any atom is -0.375 e. The average Bonchev–Trinajstić information content (AvgIpc) is 3.09. The number of aryl methyl sites for hydroxylation is 1. The van der Waals surface area contributed by atoms with Crippen molar-refractivity contribution in [3.8, 4) is 0 Å². The van der Waals surface area contributed by atoms with Crippen LogP contribution < -0.4 is 9.80 Å². The van der Waals surface area contributed by atoms with Gasteiger partial charge in [-0.05, 0) is 19.8 Å². The number of piperazine rings is 1. The second-order valence-electron chi connectivity index (χ2n) is 6.16. The number of methoxy groups -OCH3 is 1. The number of ether oxygens (including phenoxy) is 1. The molecule has 1 aromatic heterocycles. The smallest absolute Gasteiger partial charge is 0.248 e. The molecular weight excluding hydrogens is 294 g/mol. The topological polar surface area (TPSA) is 61.8 Å². The van der Waals surface area contributed by atoms with Crippen LogP contribution in [0, 0.1) is 6.92 Å². The summed E-state index contributed by atoms with van der Waals surface area (Å²) in [5.41, 5.74) is 0.995. The Hall–Kier alpha value is -1.89. The van der Waals surface area contributed by atoms with Gasteiger partial charge in [0.15, 0.2) is 0 Å². The molecule has 0 unspecified atom stereocenters. The molecule has 2 aliphatic heterocycles. The number of carbonyl (C=O) groups excluding carboxylic acids is 1. The third-order valence-corrected chi connectivity index (χ3v) is 4.44. The SMILES string of the molecule is COCC(=O)N1CCN(c2nc(C)cc(N3CCCC3)n2)CC1. The Morgan fingerprint density at radius 2 is 1.78 bits per heavy atom. The Morgan fingerprint density at radius 3 is 2.43 bits per heavy atom. The highest BCUT2D eigenvalue weighted by atomic mass is 16.5. The molecule has 126 valence electrons. The zero-order chi connectivity index (χ0) is 16.2. The summed E-state index contributed by atoms with van der Waals surface area (Å²) in [6.07, 6.45) is 2.47. The molecule has 1 amide bonds. The predicted octanol–water partition coefficient (Wildman–Crippen LogP) is 0.680. The summed E-state index contributed by atoms with van der Waals surface area (Å²) in [7, 11) is 1.55. The van der Waals surface area contributed by atoms with Gasteiger partial charge in [0.1, 0.15) is 12.4 Å². The number of aromatic nitrogens is 2. The number of hydrogen-bond donors (Lipinski definition) is 0. The second kappa shape index (κ2) is 7.12. The van der Waals surface area contributed by atoms with Crippen molar-refractivity contribution in [1.82, 2.24) is 14.9 Å². The molecule has 0 bridgehead atoms. The fourth-order valence-electron chi connectivity index (χ4n) is 3.16. The van der Waals surface area contributed by atoms with Crippen LogP contribution in [0.3, 0.4) is 0 Å². The minimum absolute atomic E-state index is 0.0510. The van der Waals surface area contributed by atoms with Gasteiger partial charge in [-0.1, -0.05) is 0 Å². The maximum atomic E-state index is 11.9. The highest BCUT2D eigenvalue weighted by Gasteiger charge is 2.23. The van der Waals surface area contributed by atoms with Gasteiger partial charge in [0, 0.05) is 58.1 Å². The molecule has 7 nitrogen and oxygen atoms in total. The summed E-state index contributed by atoms with van der Waals surface area (Å²) in [6.45, 7) is 7.24. The number of carbonyl (C=O) groups is 1. The summed E-state index contributed by atoms with van der Waals surface area (Å²) < 4.78 is 4.92. The van der Waals surface area contributed by atoms with Crippen LogP contribution in [0.2, 0.25) is 0 Å². The molecule has 0 radical (unpaired) electrons. The summed E-state index contributed by atoms with van der Waals surface area (Å²) in [5.74, 6) is 1.86. The third-order valence-electron chi connectivity index (χ3n) is 4.44. The highest BCUT2D eigenvalue weighted by Crippen LogP contribution is 2.22. The molecule has 2 aliphatic rings. The van der Waals surface area contributed by atoms with Gasteiger partial charge >= 0.3 is 0 Å². The molecule has 2 fully saturated rings. The lowest BCUT2D eigenvalue weighted by molar-refractivity contribution is -0.135. The molecular formula is C16H25N5O2. The van der Waals surface area contributed by atoms with Gasteiger partial charge in [0.05, 0.1) is 0 Å². The molecule has 0 N–H and O–H groups in total. The lowest BCUT2D eigenvalue weighted by Crippen LogP contribution is -2.50. The van der Waals surface area contributed by atoms with E-state index in [9.17, 15) is 4.79 Å². The van der Waals surface area contributed by atoms with Crippen LogP contribution in [0.25, 0.3) is 0 Å². The van der Waals surface area contributed by atoms with E-state index in [4.69, 9.17) is 9.72 Å². The van der Waals surface area contributed by atoms with Gasteiger partial charge in [0.25, 0.3) is 0 Å². The van der Waals surface area contributed by atoms with Gasteiger partial charge in [0.2, 0.25) is 11.9 Å². The Bertz CT molecular complexity index is 551. The second-order valence-corrected chi connectivity index (χ2v) is 6.16. The van der Waals surface area contributed by atoms with Gasteiger partial charge in [-0.2, -0.15) is 4.98 Å². The molecule has 7 heteroatoms. The molecule has 3 rings (SSSR count). The Morgan fingerprint density at radius 1 is 1.09 bits per heavy atom. The first-order valence-corrected chi connectivity index (χ1v) is 8.29. The molecule has 2 saturated heterocycles. The van der Waals surface area contributed by atoms with Crippen LogP contribution in [-0.4, -0.2) is 73.8 Å². The number of anilines is 2. The van der Waals surface area contributed by atoms with Gasteiger partial charge in [-0.25, -0.2) is 4.98 Å². The minimum atomic E-state index is 0.0510. The van der Waals surface area contributed by atoms with Crippen molar-refractivity contribution >= 4 is 17.7 Å². The van der Waals surface area contributed by atoms with Crippen molar-refractivity contribution in [2.24, 2.45) is 0 Å². The van der Waals surface area contributed by atoms with Crippen molar-refractivity contribution in [3.05, 3.63) is 11.8 Å². The van der Waals surface area contributed by atoms with Gasteiger partial charge in [-0.3, -0.25) is 4.79 Å². The normalized spacial score (nSPS) is 18.6. The number of rotatable bonds is 4. The van der Waals surface area contributed by atoms with Crippen molar-refractivity contribution in [3.63, 3.8) is 0 Å². The fraction of sp³-hybridized carbons (Fsp3) is 0.688. The maximum Gasteiger partial charge on any atom is 0.248 e. The summed E-state index contributed by atoms with van der Waals surface area (Å²) in [4.78, 5) is 27.6. The lowest BCUT2D eigenvalue weighted by Gasteiger charge is -2.35. The van der Waals surface area contributed by atoms with Crippen molar-refractivity contribution in [2.75, 3.05) is 62.8 Å². The Balaban J connectivity index is 1.67. The van der Waals surface area contributed by atoms with Crippen LogP contribution in [0.1, 0.15) is 18.5 Å². The molecule has 0 aromatic carbocycles. The first-order valence-electron chi connectivity index (χ1n) is 8.29. The van der Waals surface area contributed by atoms with E-state index in [-0.39, 0.29) is 12.5 Å². The van der Waals surface area contributed by atoms with Crippen molar-refractivity contribution in [1.29, 1.82) is 0 Å². The molecule has 0 atom stereocenters. The van der Waals surface area contributed by atoms with E-state index in [1.807, 2.05) is 11.8 Å². The van der Waals surface area contributed by atoms with Crippen molar-refractivity contribution in [2.45, 2.75) is 19.8 Å². The van der Waals surface area contributed by atoms with E-state index in [0.29, 0.717) is 13.1 Å². The van der Waals surface area contributed by atoms with E-state index in [1.165, 1.54) is 12.8 Å². The molecule has 1 aromatic rings. The van der Waals surface area contributed by atoms with Gasteiger partial charge < -0.3 is 19.4 Å². The highest BCUT2D eigenvalue weighted by molar-refractivity contribution is 5.77. The molecule has 23 heavy (non-hydrogen) atoms. The van der Waals surface area contributed by atoms with Crippen LogP contribution >= 0.6 is 0 Å². The largest absolute Gasteiger partial charge is 0.375 e. The van der Waals surface area contributed by atoms with E-state index >= 15 is 0 Å². The average molecular weight is 319 g/mol. The van der Waals surface area contributed by atoms with Crippen LogP contribution in [-0.2, 0) is 9.53 Å². The van der Waals surface area contributed by atoms with Crippen molar-refractivity contribution < 1.29 is 9.53 Å². The quantitative estimate of drug-likeness (QED) is 0.813. The molecule has 0 spiro atoms. The van der Waals surface area contributed by atoms with E-state index in [2.05, 4.69) is 20.9 Å². The zero-order valence-corrected chi connectivity index (χ0v) is 14.0. The predicted molar refractivity (Wildman–Crippen MR) is 88.9 cm³/mol. The van der Waals surface area contributed by atoms with E-state index in [0.717, 1.165) is 43.6 Å². The fourth-order valence-corrected chi connectivity index (χ4v) is 3.16. The monoisotopic (exact) mass is 319 g/mol. The zero-order valence-electron chi connectivity index (χ0n) is 14.0. The molecule has 0 aliphatic carbocycles. The summed E-state index contributed by atoms with van der Waals surface area (Å²) >= 11 is 0. The van der Waals surface area contributed by atoms with E-state index < -0.39 is 0 Å². The number of nitrogens with zero attached hydrogens (tertiary/aromatic N) is 5. The van der Waals surface area contributed by atoms with Crippen LogP contribution in [0.4, 0.5) is 11.8 Å².